The van der Waals surface area contributed by atoms with Crippen molar-refractivity contribution in [3.05, 3.63) is 65.4 Å². The van der Waals surface area contributed by atoms with Crippen molar-refractivity contribution in [1.29, 1.82) is 0 Å². The summed E-state index contributed by atoms with van der Waals surface area (Å²) in [4.78, 5) is 21.0. The number of carbonyl (C=O) groups is 1. The average Bonchev–Trinajstić information content (AvgIpc) is 3.09. The number of para-hydroxylation sites is 1. The number of anilines is 1. The van der Waals surface area contributed by atoms with Crippen LogP contribution in [0.5, 0.6) is 0 Å². The number of thiazole rings is 1. The largest absolute Gasteiger partial charge is 0.349 e. The maximum Gasteiger partial charge on any atom is 0.229 e. The SMILES string of the molecule is CC(NC(=O)Cc1csc(-c2cccnc2)n1)c1ccccc1NS(C)(=O)=O. The molecule has 3 rings (SSSR count). The second-order valence-corrected chi connectivity index (χ2v) is 8.92. The topological polar surface area (TPSA) is 101 Å². The predicted octanol–water partition coefficient (Wildman–Crippen LogP) is 3.00. The highest BCUT2D eigenvalue weighted by molar-refractivity contribution is 7.92. The molecule has 1 aromatic carbocycles. The van der Waals surface area contributed by atoms with Gasteiger partial charge in [0.2, 0.25) is 15.9 Å². The number of rotatable bonds is 7. The van der Waals surface area contributed by atoms with E-state index >= 15 is 0 Å². The lowest BCUT2D eigenvalue weighted by molar-refractivity contribution is -0.121. The molecule has 1 atom stereocenters. The third-order valence-electron chi connectivity index (χ3n) is 3.90. The molecule has 2 N–H and O–H groups in total. The fourth-order valence-corrected chi connectivity index (χ4v) is 4.11. The first-order valence-electron chi connectivity index (χ1n) is 8.53. The molecule has 0 bridgehead atoms. The van der Waals surface area contributed by atoms with Gasteiger partial charge in [0, 0.05) is 23.3 Å². The van der Waals surface area contributed by atoms with Gasteiger partial charge in [0.15, 0.2) is 0 Å². The molecule has 1 unspecified atom stereocenters. The number of aromatic nitrogens is 2. The molecule has 0 saturated heterocycles. The summed E-state index contributed by atoms with van der Waals surface area (Å²) >= 11 is 1.46. The van der Waals surface area contributed by atoms with Crippen LogP contribution in [-0.4, -0.2) is 30.5 Å². The zero-order valence-electron chi connectivity index (χ0n) is 15.4. The summed E-state index contributed by atoms with van der Waals surface area (Å²) < 4.78 is 25.6. The molecule has 0 aliphatic rings. The molecule has 0 fully saturated rings. The number of nitrogens with zero attached hydrogens (tertiary/aromatic N) is 2. The lowest BCUT2D eigenvalue weighted by atomic mass is 10.1. The van der Waals surface area contributed by atoms with E-state index in [0.29, 0.717) is 16.9 Å². The van der Waals surface area contributed by atoms with Crippen LogP contribution in [0, 0.1) is 0 Å². The minimum Gasteiger partial charge on any atom is -0.349 e. The number of benzene rings is 1. The average molecular weight is 417 g/mol. The van der Waals surface area contributed by atoms with E-state index in [1.54, 1.807) is 36.7 Å². The maximum absolute atomic E-state index is 12.4. The Kier molecular flexibility index (Phi) is 6.05. The van der Waals surface area contributed by atoms with Crippen molar-refractivity contribution < 1.29 is 13.2 Å². The van der Waals surface area contributed by atoms with Crippen molar-refractivity contribution in [1.82, 2.24) is 15.3 Å². The summed E-state index contributed by atoms with van der Waals surface area (Å²) in [5, 5.41) is 5.56. The summed E-state index contributed by atoms with van der Waals surface area (Å²) in [6, 6.07) is 10.4. The first-order chi connectivity index (χ1) is 13.3. The number of hydrogen-bond donors (Lipinski definition) is 2. The third kappa shape index (κ3) is 5.37. The number of carbonyl (C=O) groups excluding carboxylic acids is 1. The van der Waals surface area contributed by atoms with Gasteiger partial charge in [-0.05, 0) is 30.7 Å². The zero-order valence-corrected chi connectivity index (χ0v) is 17.0. The molecular weight excluding hydrogens is 396 g/mol. The van der Waals surface area contributed by atoms with Gasteiger partial charge >= 0.3 is 0 Å². The molecule has 0 radical (unpaired) electrons. The van der Waals surface area contributed by atoms with Crippen LogP contribution in [-0.2, 0) is 21.2 Å². The zero-order chi connectivity index (χ0) is 20.1. The summed E-state index contributed by atoms with van der Waals surface area (Å²) in [5.41, 5.74) is 2.73. The van der Waals surface area contributed by atoms with Crippen LogP contribution in [0.15, 0.2) is 54.2 Å². The van der Waals surface area contributed by atoms with E-state index in [-0.39, 0.29) is 18.4 Å². The molecule has 7 nitrogen and oxygen atoms in total. The Bertz CT molecular complexity index is 1070. The highest BCUT2D eigenvalue weighted by Gasteiger charge is 2.16. The van der Waals surface area contributed by atoms with E-state index in [1.165, 1.54) is 11.3 Å². The fraction of sp³-hybridized carbons (Fsp3) is 0.211. The van der Waals surface area contributed by atoms with Gasteiger partial charge in [-0.1, -0.05) is 18.2 Å². The van der Waals surface area contributed by atoms with Crippen molar-refractivity contribution in [2.75, 3.05) is 11.0 Å². The Labute approximate surface area is 167 Å². The van der Waals surface area contributed by atoms with E-state index in [1.807, 2.05) is 24.4 Å². The van der Waals surface area contributed by atoms with E-state index < -0.39 is 10.0 Å². The summed E-state index contributed by atoms with van der Waals surface area (Å²) in [6.07, 6.45) is 4.66. The molecule has 9 heteroatoms. The minimum absolute atomic E-state index is 0.142. The van der Waals surface area contributed by atoms with Crippen LogP contribution < -0.4 is 10.0 Å². The summed E-state index contributed by atoms with van der Waals surface area (Å²) in [5.74, 6) is -0.190. The Morgan fingerprint density at radius 2 is 2.00 bits per heavy atom. The van der Waals surface area contributed by atoms with Gasteiger partial charge in [-0.25, -0.2) is 13.4 Å². The summed E-state index contributed by atoms with van der Waals surface area (Å²) in [6.45, 7) is 1.81. The number of pyridine rings is 1. The quantitative estimate of drug-likeness (QED) is 0.617. The molecule has 28 heavy (non-hydrogen) atoms. The predicted molar refractivity (Wildman–Crippen MR) is 111 cm³/mol. The van der Waals surface area contributed by atoms with Crippen molar-refractivity contribution in [2.45, 2.75) is 19.4 Å². The van der Waals surface area contributed by atoms with E-state index in [2.05, 4.69) is 20.0 Å². The molecule has 2 heterocycles. The molecule has 2 aromatic heterocycles. The van der Waals surface area contributed by atoms with Crippen LogP contribution >= 0.6 is 11.3 Å². The Morgan fingerprint density at radius 1 is 1.21 bits per heavy atom. The fourth-order valence-electron chi connectivity index (χ4n) is 2.71. The van der Waals surface area contributed by atoms with E-state index in [9.17, 15) is 13.2 Å². The number of sulfonamides is 1. The van der Waals surface area contributed by atoms with Gasteiger partial charge in [0.05, 0.1) is 30.1 Å². The van der Waals surface area contributed by atoms with Gasteiger partial charge in [-0.2, -0.15) is 0 Å². The molecule has 146 valence electrons. The van der Waals surface area contributed by atoms with Gasteiger partial charge in [-0.3, -0.25) is 14.5 Å². The van der Waals surface area contributed by atoms with Gasteiger partial charge in [0.1, 0.15) is 5.01 Å². The number of amides is 1. The van der Waals surface area contributed by atoms with Crippen LogP contribution in [0.25, 0.3) is 10.6 Å². The van der Waals surface area contributed by atoms with Crippen LogP contribution in [0.1, 0.15) is 24.2 Å². The highest BCUT2D eigenvalue weighted by atomic mass is 32.2. The minimum atomic E-state index is -3.41. The molecule has 0 aliphatic carbocycles. The second-order valence-electron chi connectivity index (χ2n) is 6.31. The molecule has 0 spiro atoms. The van der Waals surface area contributed by atoms with Crippen molar-refractivity contribution in [2.24, 2.45) is 0 Å². The molecular formula is C19H20N4O3S2. The van der Waals surface area contributed by atoms with Crippen molar-refractivity contribution >= 4 is 33.0 Å². The second kappa shape index (κ2) is 8.49. The Morgan fingerprint density at radius 3 is 2.71 bits per heavy atom. The normalized spacial score (nSPS) is 12.4. The lowest BCUT2D eigenvalue weighted by Gasteiger charge is -2.18. The molecule has 0 aliphatic heterocycles. The first-order valence-corrected chi connectivity index (χ1v) is 11.3. The Balaban J connectivity index is 1.67. The van der Waals surface area contributed by atoms with Gasteiger partial charge in [-0.15, -0.1) is 11.3 Å². The summed E-state index contributed by atoms with van der Waals surface area (Å²) in [7, 11) is -3.41. The smallest absolute Gasteiger partial charge is 0.229 e. The van der Waals surface area contributed by atoms with Crippen LogP contribution in [0.3, 0.4) is 0 Å². The molecule has 3 aromatic rings. The first kappa shape index (κ1) is 20.0. The van der Waals surface area contributed by atoms with E-state index in [4.69, 9.17) is 0 Å². The number of nitrogens with one attached hydrogen (secondary N) is 2. The standard InChI is InChI=1S/C19H20N4O3S2/c1-13(16-7-3-4-8-17(16)23-28(2,25)26)21-18(24)10-15-12-27-19(22-15)14-6-5-9-20-11-14/h3-9,11-13,23H,10H2,1-2H3,(H,21,24). The van der Waals surface area contributed by atoms with E-state index in [0.717, 1.165) is 16.8 Å². The van der Waals surface area contributed by atoms with Crippen LogP contribution in [0.4, 0.5) is 5.69 Å². The highest BCUT2D eigenvalue weighted by Crippen LogP contribution is 2.25. The lowest BCUT2D eigenvalue weighted by Crippen LogP contribution is -2.29. The Hall–Kier alpha value is -2.78. The van der Waals surface area contributed by atoms with Gasteiger partial charge < -0.3 is 5.32 Å². The molecule has 1 amide bonds. The molecule has 0 saturated carbocycles. The maximum atomic E-state index is 12.4. The van der Waals surface area contributed by atoms with Crippen molar-refractivity contribution in [3.8, 4) is 10.6 Å². The number of hydrogen-bond acceptors (Lipinski definition) is 6. The monoisotopic (exact) mass is 416 g/mol. The van der Waals surface area contributed by atoms with Crippen LogP contribution in [0.2, 0.25) is 0 Å². The van der Waals surface area contributed by atoms with Gasteiger partial charge in [0.25, 0.3) is 0 Å². The third-order valence-corrected chi connectivity index (χ3v) is 5.43. The van der Waals surface area contributed by atoms with Crippen molar-refractivity contribution in [3.63, 3.8) is 0 Å².